The van der Waals surface area contributed by atoms with Gasteiger partial charge in [-0.1, -0.05) is 25.8 Å². The van der Waals surface area contributed by atoms with Gasteiger partial charge in [0.15, 0.2) is 0 Å². The van der Waals surface area contributed by atoms with Crippen molar-refractivity contribution >= 4 is 5.69 Å². The Morgan fingerprint density at radius 3 is 2.44 bits per heavy atom. The molecule has 1 nitrogen and oxygen atoms in total. The Balaban J connectivity index is 2.08. The molecule has 0 heterocycles. The van der Waals surface area contributed by atoms with Gasteiger partial charge >= 0.3 is 0 Å². The Bertz CT molecular complexity index is 336. The summed E-state index contributed by atoms with van der Waals surface area (Å²) >= 11 is 0. The van der Waals surface area contributed by atoms with Crippen LogP contribution in [0.3, 0.4) is 0 Å². The zero-order valence-electron chi connectivity index (χ0n) is 10.7. The molecular formula is C15H23N. The highest BCUT2D eigenvalue weighted by atomic mass is 14.9. The van der Waals surface area contributed by atoms with E-state index in [1.54, 1.807) is 0 Å². The highest BCUT2D eigenvalue weighted by Gasteiger charge is 2.25. The molecule has 0 bridgehead atoms. The molecule has 0 radical (unpaired) electrons. The summed E-state index contributed by atoms with van der Waals surface area (Å²) in [5, 5.41) is 3.72. The van der Waals surface area contributed by atoms with Crippen LogP contribution in [0.5, 0.6) is 0 Å². The normalized spacial score (nSPS) is 24.7. The third kappa shape index (κ3) is 2.58. The van der Waals surface area contributed by atoms with Gasteiger partial charge in [0.1, 0.15) is 0 Å². The molecule has 1 saturated carbocycles. The number of aryl methyl sites for hydroxylation is 2. The Kier molecular flexibility index (Phi) is 3.52. The van der Waals surface area contributed by atoms with Crippen LogP contribution in [0.2, 0.25) is 0 Å². The summed E-state index contributed by atoms with van der Waals surface area (Å²) in [6.07, 6.45) is 5.44. The molecular weight excluding hydrogens is 194 g/mol. The summed E-state index contributed by atoms with van der Waals surface area (Å²) in [7, 11) is 0. The molecule has 1 aliphatic carbocycles. The van der Waals surface area contributed by atoms with Crippen molar-refractivity contribution in [1.29, 1.82) is 0 Å². The van der Waals surface area contributed by atoms with Crippen LogP contribution in [-0.2, 0) is 0 Å². The average Bonchev–Trinajstić information content (AvgIpc) is 2.63. The molecule has 2 unspecified atom stereocenters. The molecule has 88 valence electrons. The zero-order valence-corrected chi connectivity index (χ0v) is 10.7. The van der Waals surface area contributed by atoms with Crippen molar-refractivity contribution in [2.24, 2.45) is 5.92 Å². The fraction of sp³-hybridized carbons (Fsp3) is 0.600. The highest BCUT2D eigenvalue weighted by Crippen LogP contribution is 2.31. The van der Waals surface area contributed by atoms with E-state index >= 15 is 0 Å². The van der Waals surface area contributed by atoms with Crippen LogP contribution in [0.1, 0.15) is 43.7 Å². The third-order valence-electron chi connectivity index (χ3n) is 3.76. The van der Waals surface area contributed by atoms with Crippen molar-refractivity contribution in [1.82, 2.24) is 0 Å². The Morgan fingerprint density at radius 2 is 1.81 bits per heavy atom. The number of anilines is 1. The van der Waals surface area contributed by atoms with Crippen LogP contribution in [0.4, 0.5) is 5.69 Å². The number of benzene rings is 1. The quantitative estimate of drug-likeness (QED) is 0.796. The van der Waals surface area contributed by atoms with Crippen molar-refractivity contribution in [3.05, 3.63) is 29.3 Å². The lowest BCUT2D eigenvalue weighted by Gasteiger charge is -2.21. The second-order valence-electron chi connectivity index (χ2n) is 5.23. The Morgan fingerprint density at radius 1 is 1.12 bits per heavy atom. The molecule has 0 amide bonds. The van der Waals surface area contributed by atoms with Gasteiger partial charge in [-0.15, -0.1) is 0 Å². The molecule has 1 fully saturated rings. The van der Waals surface area contributed by atoms with Gasteiger partial charge in [0, 0.05) is 11.7 Å². The standard InChI is InChI=1S/C15H23N/c1-4-13-6-5-7-15(13)16-14-9-11(2)8-12(3)10-14/h8-10,13,15-16H,4-7H2,1-3H3. The topological polar surface area (TPSA) is 12.0 Å². The van der Waals surface area contributed by atoms with Gasteiger partial charge < -0.3 is 5.32 Å². The first-order valence-electron chi connectivity index (χ1n) is 6.54. The predicted molar refractivity (Wildman–Crippen MR) is 71.0 cm³/mol. The Labute approximate surface area is 99.3 Å². The van der Waals surface area contributed by atoms with Gasteiger partial charge in [-0.05, 0) is 55.9 Å². The van der Waals surface area contributed by atoms with Gasteiger partial charge in [0.25, 0.3) is 0 Å². The van der Waals surface area contributed by atoms with Gasteiger partial charge in [-0.3, -0.25) is 0 Å². The zero-order chi connectivity index (χ0) is 11.5. The lowest BCUT2D eigenvalue weighted by Crippen LogP contribution is -2.23. The lowest BCUT2D eigenvalue weighted by molar-refractivity contribution is 0.489. The number of rotatable bonds is 3. The summed E-state index contributed by atoms with van der Waals surface area (Å²) in [5.74, 6) is 0.876. The van der Waals surface area contributed by atoms with Crippen LogP contribution < -0.4 is 5.32 Å². The van der Waals surface area contributed by atoms with E-state index in [9.17, 15) is 0 Å². The second-order valence-corrected chi connectivity index (χ2v) is 5.23. The minimum absolute atomic E-state index is 0.700. The van der Waals surface area contributed by atoms with E-state index in [0.29, 0.717) is 6.04 Å². The summed E-state index contributed by atoms with van der Waals surface area (Å²) in [6, 6.07) is 7.46. The van der Waals surface area contributed by atoms with Crippen molar-refractivity contribution in [2.75, 3.05) is 5.32 Å². The smallest absolute Gasteiger partial charge is 0.0347 e. The maximum Gasteiger partial charge on any atom is 0.0347 e. The number of hydrogen-bond acceptors (Lipinski definition) is 1. The van der Waals surface area contributed by atoms with E-state index < -0.39 is 0 Å². The first-order chi connectivity index (χ1) is 7.69. The van der Waals surface area contributed by atoms with Gasteiger partial charge in [-0.2, -0.15) is 0 Å². The molecule has 2 atom stereocenters. The molecule has 0 aliphatic heterocycles. The molecule has 16 heavy (non-hydrogen) atoms. The van der Waals surface area contributed by atoms with E-state index in [1.807, 2.05) is 0 Å². The molecule has 1 heteroatoms. The maximum absolute atomic E-state index is 3.72. The minimum atomic E-state index is 0.700. The minimum Gasteiger partial charge on any atom is -0.382 e. The first-order valence-corrected chi connectivity index (χ1v) is 6.54. The van der Waals surface area contributed by atoms with Crippen molar-refractivity contribution < 1.29 is 0 Å². The summed E-state index contributed by atoms with van der Waals surface area (Å²) < 4.78 is 0. The fourth-order valence-electron chi connectivity index (χ4n) is 2.99. The largest absolute Gasteiger partial charge is 0.382 e. The lowest BCUT2D eigenvalue weighted by atomic mass is 10.00. The first kappa shape index (κ1) is 11.5. The highest BCUT2D eigenvalue weighted by molar-refractivity contribution is 5.49. The van der Waals surface area contributed by atoms with Gasteiger partial charge in [0.2, 0.25) is 0 Å². The van der Waals surface area contributed by atoms with Gasteiger partial charge in [-0.25, -0.2) is 0 Å². The molecule has 1 aliphatic rings. The van der Waals surface area contributed by atoms with Crippen LogP contribution in [0, 0.1) is 19.8 Å². The van der Waals surface area contributed by atoms with E-state index in [2.05, 4.69) is 44.3 Å². The maximum atomic E-state index is 3.72. The molecule has 0 spiro atoms. The van der Waals surface area contributed by atoms with Crippen LogP contribution in [-0.4, -0.2) is 6.04 Å². The molecule has 1 aromatic carbocycles. The van der Waals surface area contributed by atoms with E-state index in [1.165, 1.54) is 42.5 Å². The van der Waals surface area contributed by atoms with Gasteiger partial charge in [0.05, 0.1) is 0 Å². The third-order valence-corrected chi connectivity index (χ3v) is 3.76. The van der Waals surface area contributed by atoms with Crippen molar-refractivity contribution in [3.63, 3.8) is 0 Å². The number of nitrogens with one attached hydrogen (secondary N) is 1. The molecule has 1 aromatic rings. The van der Waals surface area contributed by atoms with E-state index in [-0.39, 0.29) is 0 Å². The van der Waals surface area contributed by atoms with E-state index in [4.69, 9.17) is 0 Å². The second kappa shape index (κ2) is 4.90. The van der Waals surface area contributed by atoms with Crippen molar-refractivity contribution in [3.8, 4) is 0 Å². The predicted octanol–water partition coefficient (Wildman–Crippen LogP) is 4.29. The van der Waals surface area contributed by atoms with Crippen LogP contribution >= 0.6 is 0 Å². The number of hydrogen-bond donors (Lipinski definition) is 1. The SMILES string of the molecule is CCC1CCCC1Nc1cc(C)cc(C)c1. The molecule has 0 saturated heterocycles. The molecule has 1 N–H and O–H groups in total. The van der Waals surface area contributed by atoms with Crippen LogP contribution in [0.25, 0.3) is 0 Å². The summed E-state index contributed by atoms with van der Waals surface area (Å²) in [4.78, 5) is 0. The summed E-state index contributed by atoms with van der Waals surface area (Å²) in [5.41, 5.74) is 4.02. The molecule has 2 rings (SSSR count). The van der Waals surface area contributed by atoms with E-state index in [0.717, 1.165) is 5.92 Å². The monoisotopic (exact) mass is 217 g/mol. The Hall–Kier alpha value is -0.980. The van der Waals surface area contributed by atoms with Crippen LogP contribution in [0.15, 0.2) is 18.2 Å². The molecule has 0 aromatic heterocycles. The summed E-state index contributed by atoms with van der Waals surface area (Å²) in [6.45, 7) is 6.65. The fourth-order valence-corrected chi connectivity index (χ4v) is 2.99. The average molecular weight is 217 g/mol. The van der Waals surface area contributed by atoms with Crippen molar-refractivity contribution in [2.45, 2.75) is 52.5 Å².